The number of nitrogen functional groups attached to an aromatic ring is 3. The SMILES string of the molecule is CCC(=O)C(Cc1ccc(OC#N)cc1)NC(=O)c1ccc(N=C=O)cc1.COC(=O)C(Cc1ccc(N)cc1)NC(=O)c1ccc(N)cc1.COC(=O)C(Cc1ccc(N)cc1)NC(=O)c1ccc([N+](=O)[O-])cc1.NC(Cc1ccc([N+](=O)[O-])cc1)C(=O)O.NC(Cc1ccc([N+](=O)[O-])cc1)C(=O)O. The quantitative estimate of drug-likeness (QED) is 0.00471. The summed E-state index contributed by atoms with van der Waals surface area (Å²) in [6, 6.07) is 45.3. The van der Waals surface area contributed by atoms with E-state index in [0.717, 1.165) is 16.7 Å². The molecule has 0 heterocycles. The Morgan fingerprint density at radius 3 is 1.04 bits per heavy atom. The van der Waals surface area contributed by atoms with Crippen molar-refractivity contribution in [2.45, 2.75) is 75.7 Å². The van der Waals surface area contributed by atoms with E-state index >= 15 is 0 Å². The summed E-state index contributed by atoms with van der Waals surface area (Å²) in [6.45, 7) is 1.73. The molecule has 546 valence electrons. The zero-order valence-corrected chi connectivity index (χ0v) is 56.5. The fourth-order valence-electron chi connectivity index (χ4n) is 8.95. The predicted molar refractivity (Wildman–Crippen MR) is 382 cm³/mol. The third kappa shape index (κ3) is 29.3. The number of hydrogen-bond acceptors (Lipinski definition) is 25. The molecule has 33 heteroatoms. The normalized spacial score (nSPS) is 11.5. The van der Waals surface area contributed by atoms with Crippen LogP contribution in [0.5, 0.6) is 5.75 Å². The number of rotatable bonds is 27. The van der Waals surface area contributed by atoms with Crippen LogP contribution in [0.2, 0.25) is 0 Å². The topological polar surface area (TPSA) is 554 Å². The molecule has 5 unspecified atom stereocenters. The van der Waals surface area contributed by atoms with Crippen LogP contribution < -0.4 is 49.4 Å². The minimum absolute atomic E-state index is 0.0253. The lowest BCUT2D eigenvalue weighted by Gasteiger charge is -2.17. The van der Waals surface area contributed by atoms with Gasteiger partial charge in [0.25, 0.3) is 41.0 Å². The average Bonchev–Trinajstić information content (AvgIpc) is 0.909. The first-order valence-electron chi connectivity index (χ1n) is 31.1. The molecule has 0 aliphatic rings. The van der Waals surface area contributed by atoms with Crippen molar-refractivity contribution in [3.05, 3.63) is 269 Å². The number of ether oxygens (including phenoxy) is 3. The summed E-state index contributed by atoms with van der Waals surface area (Å²) >= 11 is 0. The van der Waals surface area contributed by atoms with Crippen molar-refractivity contribution in [1.82, 2.24) is 16.0 Å². The van der Waals surface area contributed by atoms with Crippen molar-refractivity contribution in [2.24, 2.45) is 16.5 Å². The number of aliphatic carboxylic acids is 2. The van der Waals surface area contributed by atoms with E-state index in [-0.39, 0.29) is 60.0 Å². The van der Waals surface area contributed by atoms with Crippen molar-refractivity contribution in [1.29, 1.82) is 5.26 Å². The van der Waals surface area contributed by atoms with Crippen LogP contribution in [0.3, 0.4) is 0 Å². The summed E-state index contributed by atoms with van der Waals surface area (Å²) in [6.07, 6.45) is 4.48. The first-order valence-corrected chi connectivity index (χ1v) is 31.1. The molecule has 0 fully saturated rings. The number of nitrogens with zero attached hydrogens (tertiary/aromatic N) is 5. The summed E-state index contributed by atoms with van der Waals surface area (Å²) < 4.78 is 14.2. The van der Waals surface area contributed by atoms with Gasteiger partial charge in [0, 0.05) is 89.4 Å². The molecule has 0 aromatic heterocycles. The molecule has 0 radical (unpaired) electrons. The number of amides is 3. The Hall–Kier alpha value is -14.1. The summed E-state index contributed by atoms with van der Waals surface area (Å²) in [5, 5.41) is 64.9. The van der Waals surface area contributed by atoms with E-state index in [2.05, 4.69) is 20.9 Å². The number of nitro groups is 3. The minimum Gasteiger partial charge on any atom is -0.480 e. The van der Waals surface area contributed by atoms with Crippen LogP contribution in [0.25, 0.3) is 0 Å². The lowest BCUT2D eigenvalue weighted by molar-refractivity contribution is -0.385. The third-order valence-corrected chi connectivity index (χ3v) is 14.6. The van der Waals surface area contributed by atoms with Crippen molar-refractivity contribution in [3.8, 4) is 12.0 Å². The highest BCUT2D eigenvalue weighted by atomic mass is 16.6. The van der Waals surface area contributed by atoms with Gasteiger partial charge < -0.3 is 69.0 Å². The van der Waals surface area contributed by atoms with Gasteiger partial charge in [0.15, 0.2) is 5.78 Å². The number of benzene rings is 8. The van der Waals surface area contributed by atoms with Gasteiger partial charge in [0.2, 0.25) is 6.08 Å². The van der Waals surface area contributed by atoms with Crippen LogP contribution in [-0.4, -0.2) is 123 Å². The molecule has 15 N–H and O–H groups in total. The number of carboxylic acid groups (broad SMARTS) is 2. The highest BCUT2D eigenvalue weighted by Crippen LogP contribution is 2.20. The van der Waals surface area contributed by atoms with Crippen molar-refractivity contribution in [2.75, 3.05) is 31.4 Å². The van der Waals surface area contributed by atoms with Gasteiger partial charge in [-0.15, -0.1) is 5.26 Å². The lowest BCUT2D eigenvalue weighted by Crippen LogP contribution is -2.43. The third-order valence-electron chi connectivity index (χ3n) is 14.6. The number of Topliss-reactive ketones (excluding diaryl/α,β-unsaturated/α-hetero) is 1. The van der Waals surface area contributed by atoms with E-state index in [9.17, 15) is 73.5 Å². The maximum absolute atomic E-state index is 12.4. The fraction of sp³-hybridized carbons (Fsp3) is 0.194. The number of nitro benzene ring substituents is 3. The highest BCUT2D eigenvalue weighted by Gasteiger charge is 2.26. The Bertz CT molecular complexity index is 4290. The molecule has 3 amide bonds. The monoisotopic (exact) mass is 1440 g/mol. The number of aliphatic imine (C=N–C) groups is 1. The average molecular weight is 1440 g/mol. The molecule has 33 nitrogen and oxygen atoms in total. The minimum atomic E-state index is -1.09. The Morgan fingerprint density at radius 2 is 0.733 bits per heavy atom. The Morgan fingerprint density at radius 1 is 0.457 bits per heavy atom. The number of carboxylic acids is 2. The largest absolute Gasteiger partial charge is 0.480 e. The molecular weight excluding hydrogens is 1370 g/mol. The van der Waals surface area contributed by atoms with E-state index in [1.54, 1.807) is 110 Å². The summed E-state index contributed by atoms with van der Waals surface area (Å²) in [5.41, 5.74) is 34.3. The second-order valence-corrected chi connectivity index (χ2v) is 22.2. The summed E-state index contributed by atoms with van der Waals surface area (Å²) in [5.74, 6) is -4.26. The molecule has 0 aliphatic carbocycles. The first kappa shape index (κ1) is 83.3. The number of isocyanates is 1. The van der Waals surface area contributed by atoms with Gasteiger partial charge in [0.05, 0.1) is 40.7 Å². The Kier molecular flexibility index (Phi) is 33.9. The maximum Gasteiger partial charge on any atom is 0.328 e. The van der Waals surface area contributed by atoms with Gasteiger partial charge in [-0.3, -0.25) is 59.1 Å². The van der Waals surface area contributed by atoms with Crippen LogP contribution in [0.1, 0.15) is 72.2 Å². The number of non-ortho nitro benzene ring substituents is 3. The molecule has 0 saturated heterocycles. The number of carbonyl (C=O) groups excluding carboxylic acids is 7. The smallest absolute Gasteiger partial charge is 0.328 e. The van der Waals surface area contributed by atoms with E-state index in [1.807, 2.05) is 0 Å². The zero-order chi connectivity index (χ0) is 77.7. The molecule has 105 heavy (non-hydrogen) atoms. The van der Waals surface area contributed by atoms with Crippen LogP contribution in [0.4, 0.5) is 39.8 Å². The standard InChI is InChI=1S/C20H17N3O4.C17H17N3O5.C17H19N3O3.2C9H10N2O4/c1-2-19(25)18(11-14-3-9-17(10-4-14)27-12-21)23-20(26)15-5-7-16(8-6-15)22-13-24;1-25-17(22)15(10-11-2-6-13(18)7-3-11)19-16(21)12-4-8-14(9-5-12)20(23)24;1-23-17(22)15(10-11-2-6-13(18)7-3-11)20-16(21)12-4-8-14(19)9-5-12;2*10-8(9(12)13)5-6-1-3-7(4-2-6)11(14)15/h3-10,18H,2,11H2,1H3,(H,23,26);2-9,15H,10,18H2,1H3,(H,19,21);2-9,15H,10,18-19H2,1H3,(H,20,21);2*1-4,8H,5,10H2,(H,12,13). The van der Waals surface area contributed by atoms with Crippen LogP contribution in [0.15, 0.2) is 199 Å². The molecule has 0 spiro atoms. The van der Waals surface area contributed by atoms with Crippen LogP contribution in [-0.2, 0) is 70.3 Å². The lowest BCUT2D eigenvalue weighted by atomic mass is 10.0. The van der Waals surface area contributed by atoms with E-state index in [0.29, 0.717) is 63.6 Å². The Labute approximate surface area is 599 Å². The fourth-order valence-corrected chi connectivity index (χ4v) is 8.95. The molecule has 8 rings (SSSR count). The van der Waals surface area contributed by atoms with Gasteiger partial charge in [0.1, 0.15) is 29.9 Å². The van der Waals surface area contributed by atoms with Gasteiger partial charge >= 0.3 is 23.9 Å². The maximum atomic E-state index is 12.4. The number of methoxy groups -OCH3 is 2. The number of nitrogens with one attached hydrogen (secondary N) is 3. The second-order valence-electron chi connectivity index (χ2n) is 22.2. The molecule has 0 saturated carbocycles. The molecule has 5 atom stereocenters. The number of ketones is 1. The number of esters is 2. The Balaban J connectivity index is 0.000000283. The second kappa shape index (κ2) is 42.8. The number of anilines is 3. The summed E-state index contributed by atoms with van der Waals surface area (Å²) in [7, 11) is 2.52. The van der Waals surface area contributed by atoms with Crippen molar-refractivity contribution < 1.29 is 82.3 Å². The van der Waals surface area contributed by atoms with Gasteiger partial charge in [-0.25, -0.2) is 14.4 Å². The van der Waals surface area contributed by atoms with E-state index < -0.39 is 80.7 Å². The van der Waals surface area contributed by atoms with Gasteiger partial charge in [-0.1, -0.05) is 67.6 Å². The molecule has 0 bridgehead atoms. The number of nitriles is 1. The van der Waals surface area contributed by atoms with Crippen LogP contribution in [0, 0.1) is 41.9 Å². The molecule has 8 aromatic carbocycles. The van der Waals surface area contributed by atoms with Crippen molar-refractivity contribution in [3.63, 3.8) is 0 Å². The van der Waals surface area contributed by atoms with Gasteiger partial charge in [-0.05, 0) is 144 Å². The number of carbonyl (C=O) groups is 8. The molecule has 0 aliphatic heterocycles. The van der Waals surface area contributed by atoms with Crippen LogP contribution >= 0.6 is 0 Å². The molecule has 8 aromatic rings. The van der Waals surface area contributed by atoms with Crippen molar-refractivity contribution >= 4 is 93.3 Å². The van der Waals surface area contributed by atoms with E-state index in [4.69, 9.17) is 58.4 Å². The zero-order valence-electron chi connectivity index (χ0n) is 56.5. The van der Waals surface area contributed by atoms with Gasteiger partial charge in [-0.2, -0.15) is 4.99 Å². The number of nitrogens with two attached hydrogens (primary N) is 5. The number of hydrogen-bond donors (Lipinski definition) is 10. The first-order chi connectivity index (χ1) is 50.0. The predicted octanol–water partition coefficient (Wildman–Crippen LogP) is 6.99. The van der Waals surface area contributed by atoms with E-state index in [1.165, 1.54) is 117 Å². The summed E-state index contributed by atoms with van der Waals surface area (Å²) in [4.78, 5) is 137. The molecular formula is C72H73N13O20. The highest BCUT2D eigenvalue weighted by molar-refractivity contribution is 5.99.